The van der Waals surface area contributed by atoms with Gasteiger partial charge < -0.3 is 15.3 Å². The molecule has 1 fully saturated rings. The van der Waals surface area contributed by atoms with Crippen LogP contribution in [0.1, 0.15) is 39.5 Å². The maximum atomic E-state index is 12.3. The Morgan fingerprint density at radius 2 is 1.85 bits per heavy atom. The van der Waals surface area contributed by atoms with Crippen LogP contribution in [0.5, 0.6) is 0 Å². The zero-order valence-electron chi connectivity index (χ0n) is 13.1. The Labute approximate surface area is 121 Å². The predicted molar refractivity (Wildman–Crippen MR) is 78.4 cm³/mol. The SMILES string of the molecule is CC(C)CC(CN(C)C)NC(=O)C1CCC(C(=O)O)C1. The van der Waals surface area contributed by atoms with E-state index in [0.717, 1.165) is 13.0 Å². The number of nitrogens with zero attached hydrogens (tertiary/aromatic N) is 1. The topological polar surface area (TPSA) is 69.6 Å². The molecular weight excluding hydrogens is 256 g/mol. The van der Waals surface area contributed by atoms with Crippen LogP contribution in [0, 0.1) is 17.8 Å². The highest BCUT2D eigenvalue weighted by Crippen LogP contribution is 2.31. The van der Waals surface area contributed by atoms with Crippen LogP contribution in [0.3, 0.4) is 0 Å². The van der Waals surface area contributed by atoms with Crippen LogP contribution >= 0.6 is 0 Å². The molecule has 3 unspecified atom stereocenters. The van der Waals surface area contributed by atoms with Gasteiger partial charge in [-0.25, -0.2) is 0 Å². The van der Waals surface area contributed by atoms with E-state index in [1.165, 1.54) is 0 Å². The van der Waals surface area contributed by atoms with Gasteiger partial charge in [0.15, 0.2) is 0 Å². The lowest BCUT2D eigenvalue weighted by Crippen LogP contribution is -2.44. The summed E-state index contributed by atoms with van der Waals surface area (Å²) in [5, 5.41) is 12.1. The number of carboxylic acid groups (broad SMARTS) is 1. The second-order valence-corrected chi connectivity index (χ2v) is 6.64. The van der Waals surface area contributed by atoms with Crippen molar-refractivity contribution in [2.24, 2.45) is 17.8 Å². The highest BCUT2D eigenvalue weighted by atomic mass is 16.4. The first-order valence-electron chi connectivity index (χ1n) is 7.47. The Morgan fingerprint density at radius 3 is 2.30 bits per heavy atom. The zero-order valence-corrected chi connectivity index (χ0v) is 13.1. The minimum Gasteiger partial charge on any atom is -0.481 e. The van der Waals surface area contributed by atoms with Crippen molar-refractivity contribution in [2.45, 2.75) is 45.6 Å². The predicted octanol–water partition coefficient (Wildman–Crippen LogP) is 1.58. The number of carbonyl (C=O) groups is 2. The first-order chi connectivity index (χ1) is 9.29. The second kappa shape index (κ2) is 7.62. The van der Waals surface area contributed by atoms with Gasteiger partial charge in [-0.15, -0.1) is 0 Å². The summed E-state index contributed by atoms with van der Waals surface area (Å²) in [4.78, 5) is 25.3. The van der Waals surface area contributed by atoms with Crippen LogP contribution in [0.25, 0.3) is 0 Å². The fourth-order valence-corrected chi connectivity index (χ4v) is 2.95. The van der Waals surface area contributed by atoms with Gasteiger partial charge in [-0.05, 0) is 45.7 Å². The van der Waals surface area contributed by atoms with E-state index < -0.39 is 5.97 Å². The number of rotatable bonds is 7. The van der Waals surface area contributed by atoms with Gasteiger partial charge in [0.2, 0.25) is 5.91 Å². The molecule has 0 bridgehead atoms. The third-order valence-corrected chi connectivity index (χ3v) is 3.84. The van der Waals surface area contributed by atoms with Gasteiger partial charge in [-0.2, -0.15) is 0 Å². The van der Waals surface area contributed by atoms with Gasteiger partial charge >= 0.3 is 5.97 Å². The largest absolute Gasteiger partial charge is 0.481 e. The number of nitrogens with one attached hydrogen (secondary N) is 1. The molecule has 0 spiro atoms. The molecule has 0 aliphatic heterocycles. The van der Waals surface area contributed by atoms with Gasteiger partial charge in [0.1, 0.15) is 0 Å². The Kier molecular flexibility index (Phi) is 6.46. The van der Waals surface area contributed by atoms with Gasteiger partial charge in [0.05, 0.1) is 5.92 Å². The van der Waals surface area contributed by atoms with E-state index in [4.69, 9.17) is 5.11 Å². The molecule has 5 heteroatoms. The molecule has 0 aromatic carbocycles. The average molecular weight is 284 g/mol. The molecule has 5 nitrogen and oxygen atoms in total. The second-order valence-electron chi connectivity index (χ2n) is 6.64. The van der Waals surface area contributed by atoms with E-state index in [-0.39, 0.29) is 23.8 Å². The van der Waals surface area contributed by atoms with Crippen LogP contribution in [0.2, 0.25) is 0 Å². The number of hydrogen-bond donors (Lipinski definition) is 2. The van der Waals surface area contributed by atoms with Crippen molar-refractivity contribution < 1.29 is 14.7 Å². The summed E-state index contributed by atoms with van der Waals surface area (Å²) >= 11 is 0. The molecule has 1 amide bonds. The Morgan fingerprint density at radius 1 is 1.25 bits per heavy atom. The normalized spacial score (nSPS) is 24.1. The summed E-state index contributed by atoms with van der Waals surface area (Å²) in [6.45, 7) is 5.11. The summed E-state index contributed by atoms with van der Waals surface area (Å²) in [5.74, 6) is -0.694. The van der Waals surface area contributed by atoms with E-state index in [2.05, 4.69) is 24.1 Å². The van der Waals surface area contributed by atoms with Crippen molar-refractivity contribution in [3.05, 3.63) is 0 Å². The molecule has 0 aromatic heterocycles. The lowest BCUT2D eigenvalue weighted by atomic mass is 10.0. The molecule has 20 heavy (non-hydrogen) atoms. The van der Waals surface area contributed by atoms with E-state index in [1.807, 2.05) is 14.1 Å². The van der Waals surface area contributed by atoms with Gasteiger partial charge in [0, 0.05) is 18.5 Å². The quantitative estimate of drug-likeness (QED) is 0.744. The van der Waals surface area contributed by atoms with Crippen molar-refractivity contribution in [2.75, 3.05) is 20.6 Å². The molecule has 2 N–H and O–H groups in total. The third kappa shape index (κ3) is 5.49. The number of aliphatic carboxylic acids is 1. The Bertz CT molecular complexity index is 332. The summed E-state index contributed by atoms with van der Waals surface area (Å²) in [6, 6.07) is 0.140. The molecule has 1 aliphatic carbocycles. The van der Waals surface area contributed by atoms with Crippen LogP contribution < -0.4 is 5.32 Å². The lowest BCUT2D eigenvalue weighted by molar-refractivity contribution is -0.141. The van der Waals surface area contributed by atoms with Crippen molar-refractivity contribution in [3.63, 3.8) is 0 Å². The average Bonchev–Trinajstić information content (AvgIpc) is 2.75. The fourth-order valence-electron chi connectivity index (χ4n) is 2.95. The molecule has 1 saturated carbocycles. The van der Waals surface area contributed by atoms with Crippen molar-refractivity contribution in [3.8, 4) is 0 Å². The molecule has 0 saturated heterocycles. The van der Waals surface area contributed by atoms with E-state index in [1.54, 1.807) is 0 Å². The molecule has 1 rings (SSSR count). The molecule has 3 atom stereocenters. The van der Waals surface area contributed by atoms with Gasteiger partial charge in [-0.1, -0.05) is 13.8 Å². The van der Waals surface area contributed by atoms with E-state index in [0.29, 0.717) is 25.2 Å². The number of hydrogen-bond acceptors (Lipinski definition) is 3. The van der Waals surface area contributed by atoms with Crippen LogP contribution in [0.4, 0.5) is 0 Å². The maximum absolute atomic E-state index is 12.3. The first-order valence-corrected chi connectivity index (χ1v) is 7.47. The molecule has 0 radical (unpaired) electrons. The Balaban J connectivity index is 2.51. The van der Waals surface area contributed by atoms with Crippen molar-refractivity contribution in [1.29, 1.82) is 0 Å². The van der Waals surface area contributed by atoms with Crippen LogP contribution in [-0.4, -0.2) is 48.6 Å². The lowest BCUT2D eigenvalue weighted by Gasteiger charge is -2.25. The molecule has 0 aromatic rings. The number of carbonyl (C=O) groups excluding carboxylic acids is 1. The highest BCUT2D eigenvalue weighted by Gasteiger charge is 2.34. The molecule has 116 valence electrons. The number of carboxylic acids is 1. The third-order valence-electron chi connectivity index (χ3n) is 3.84. The van der Waals surface area contributed by atoms with Crippen LogP contribution in [0.15, 0.2) is 0 Å². The maximum Gasteiger partial charge on any atom is 0.306 e. The zero-order chi connectivity index (χ0) is 15.3. The number of amides is 1. The Hall–Kier alpha value is -1.10. The smallest absolute Gasteiger partial charge is 0.306 e. The summed E-state index contributed by atoms with van der Waals surface area (Å²) in [7, 11) is 3.99. The van der Waals surface area contributed by atoms with Gasteiger partial charge in [-0.3, -0.25) is 9.59 Å². The van der Waals surface area contributed by atoms with Crippen LogP contribution in [-0.2, 0) is 9.59 Å². The van der Waals surface area contributed by atoms with Crippen molar-refractivity contribution in [1.82, 2.24) is 10.2 Å². The minimum absolute atomic E-state index is 0.0289. The first kappa shape index (κ1) is 17.0. The van der Waals surface area contributed by atoms with E-state index >= 15 is 0 Å². The van der Waals surface area contributed by atoms with Gasteiger partial charge in [0.25, 0.3) is 0 Å². The fraction of sp³-hybridized carbons (Fsp3) is 0.867. The van der Waals surface area contributed by atoms with E-state index in [9.17, 15) is 9.59 Å². The minimum atomic E-state index is -0.771. The molecular formula is C15H28N2O3. The summed E-state index contributed by atoms with van der Waals surface area (Å²) in [6.07, 6.45) is 2.74. The number of likely N-dealkylation sites (N-methyl/N-ethyl adjacent to an activating group) is 1. The summed E-state index contributed by atoms with van der Waals surface area (Å²) in [5.41, 5.74) is 0. The molecule has 0 heterocycles. The highest BCUT2D eigenvalue weighted by molar-refractivity contribution is 5.81. The standard InChI is InChI=1S/C15H28N2O3/c1-10(2)7-13(9-17(3)4)16-14(18)11-5-6-12(8-11)15(19)20/h10-13H,5-9H2,1-4H3,(H,16,18)(H,19,20). The monoisotopic (exact) mass is 284 g/mol. The summed E-state index contributed by atoms with van der Waals surface area (Å²) < 4.78 is 0. The van der Waals surface area contributed by atoms with Crippen molar-refractivity contribution >= 4 is 11.9 Å². The molecule has 1 aliphatic rings.